The van der Waals surface area contributed by atoms with Gasteiger partial charge in [-0.15, -0.1) is 0 Å². The van der Waals surface area contributed by atoms with Crippen molar-refractivity contribution in [1.82, 2.24) is 4.98 Å². The predicted octanol–water partition coefficient (Wildman–Crippen LogP) is 3.02. The monoisotopic (exact) mass is 386 g/mol. The second-order valence-corrected chi connectivity index (χ2v) is 8.21. The van der Waals surface area contributed by atoms with E-state index in [2.05, 4.69) is 4.98 Å². The van der Waals surface area contributed by atoms with E-state index in [1.807, 2.05) is 13.8 Å². The van der Waals surface area contributed by atoms with Crippen LogP contribution in [-0.4, -0.2) is 36.2 Å². The summed E-state index contributed by atoms with van der Waals surface area (Å²) in [6.45, 7) is 5.86. The maximum atomic E-state index is 12.7. The average molecular weight is 386 g/mol. The van der Waals surface area contributed by atoms with Gasteiger partial charge in [0.05, 0.1) is 24.3 Å². The first-order chi connectivity index (χ1) is 12.5. The fourth-order valence-corrected chi connectivity index (χ4v) is 3.42. The van der Waals surface area contributed by atoms with Gasteiger partial charge in [0.2, 0.25) is 0 Å². The molecular weight excluding hydrogens is 360 g/mol. The highest BCUT2D eigenvalue weighted by molar-refractivity contribution is 6.62. The lowest BCUT2D eigenvalue weighted by atomic mass is 9.80. The largest absolute Gasteiger partial charge is 0.497 e. The molecule has 2 aliphatic rings. The van der Waals surface area contributed by atoms with Crippen LogP contribution in [0.2, 0.25) is 0 Å². The third kappa shape index (κ3) is 4.58. The Morgan fingerprint density at radius 1 is 1.19 bits per heavy atom. The number of rotatable bonds is 4. The molecule has 150 valence electrons. The fraction of sp³-hybridized carbons (Fsp3) is 0.722. The van der Waals surface area contributed by atoms with Gasteiger partial charge in [-0.25, -0.2) is 0 Å². The van der Waals surface area contributed by atoms with Crippen LogP contribution in [0.1, 0.15) is 46.5 Å². The summed E-state index contributed by atoms with van der Waals surface area (Å²) in [5.74, 6) is -0.511. The second kappa shape index (κ2) is 7.26. The van der Waals surface area contributed by atoms with Crippen molar-refractivity contribution in [2.24, 2.45) is 17.6 Å². The molecule has 2 heterocycles. The molecule has 1 aliphatic carbocycles. The van der Waals surface area contributed by atoms with Crippen molar-refractivity contribution >= 4 is 12.6 Å². The number of ether oxygens (including phenoxy) is 1. The van der Waals surface area contributed by atoms with Gasteiger partial charge in [0.25, 0.3) is 0 Å². The molecule has 1 aromatic rings. The molecule has 1 saturated heterocycles. The van der Waals surface area contributed by atoms with Crippen LogP contribution in [0.15, 0.2) is 18.5 Å². The van der Waals surface area contributed by atoms with E-state index in [1.54, 1.807) is 25.4 Å². The number of nitrogens with zero attached hydrogens (tertiary/aromatic N) is 1. The minimum Gasteiger partial charge on any atom is -0.492 e. The molecule has 0 spiro atoms. The van der Waals surface area contributed by atoms with E-state index in [0.717, 1.165) is 0 Å². The van der Waals surface area contributed by atoms with Crippen molar-refractivity contribution in [3.63, 3.8) is 0 Å². The molecule has 0 aromatic carbocycles. The maximum Gasteiger partial charge on any atom is 0.497 e. The minimum absolute atomic E-state index is 0.123. The number of aromatic nitrogens is 1. The van der Waals surface area contributed by atoms with Crippen molar-refractivity contribution in [2.75, 3.05) is 6.61 Å². The summed E-state index contributed by atoms with van der Waals surface area (Å²) in [4.78, 5) is 4.16. The summed E-state index contributed by atoms with van der Waals surface area (Å²) in [5, 5.41) is 0. The van der Waals surface area contributed by atoms with Crippen LogP contribution in [0.3, 0.4) is 0 Å². The number of hydrogen-bond acceptors (Lipinski definition) is 5. The molecule has 0 bridgehead atoms. The number of alkyl halides is 3. The Labute approximate surface area is 157 Å². The van der Waals surface area contributed by atoms with E-state index in [0.29, 0.717) is 30.7 Å². The number of halogens is 3. The van der Waals surface area contributed by atoms with Gasteiger partial charge in [-0.2, -0.15) is 13.2 Å². The fourth-order valence-electron chi connectivity index (χ4n) is 3.42. The molecule has 1 unspecified atom stereocenters. The van der Waals surface area contributed by atoms with Crippen molar-refractivity contribution in [3.8, 4) is 5.75 Å². The van der Waals surface area contributed by atoms with Gasteiger partial charge in [-0.05, 0) is 58.4 Å². The van der Waals surface area contributed by atoms with Gasteiger partial charge in [-0.1, -0.05) is 0 Å². The second-order valence-electron chi connectivity index (χ2n) is 8.21. The summed E-state index contributed by atoms with van der Waals surface area (Å²) in [6, 6.07) is 1.77. The third-order valence-corrected chi connectivity index (χ3v) is 5.75. The van der Waals surface area contributed by atoms with Gasteiger partial charge in [0.1, 0.15) is 11.5 Å². The predicted molar refractivity (Wildman–Crippen MR) is 95.5 cm³/mol. The Morgan fingerprint density at radius 3 is 2.41 bits per heavy atom. The van der Waals surface area contributed by atoms with E-state index in [9.17, 15) is 13.2 Å². The summed E-state index contributed by atoms with van der Waals surface area (Å²) in [6.07, 6.45) is 0.498. The first-order valence-corrected chi connectivity index (χ1v) is 9.27. The van der Waals surface area contributed by atoms with Gasteiger partial charge in [0.15, 0.2) is 0 Å². The number of nitrogens with two attached hydrogens (primary N) is 1. The Bertz CT molecular complexity index is 645. The van der Waals surface area contributed by atoms with Crippen LogP contribution < -0.4 is 15.9 Å². The van der Waals surface area contributed by atoms with E-state index in [4.69, 9.17) is 19.8 Å². The Morgan fingerprint density at radius 2 is 1.85 bits per heavy atom. The van der Waals surface area contributed by atoms with Crippen LogP contribution in [0.5, 0.6) is 5.75 Å². The van der Waals surface area contributed by atoms with Crippen molar-refractivity contribution in [2.45, 2.75) is 64.0 Å². The van der Waals surface area contributed by atoms with Crippen molar-refractivity contribution < 1.29 is 27.2 Å². The zero-order valence-electron chi connectivity index (χ0n) is 15.9. The average Bonchev–Trinajstić information content (AvgIpc) is 2.81. The third-order valence-electron chi connectivity index (χ3n) is 5.75. The Kier molecular flexibility index (Phi) is 5.49. The van der Waals surface area contributed by atoms with E-state index in [1.165, 1.54) is 0 Å². The quantitative estimate of drug-likeness (QED) is 0.806. The Hall–Kier alpha value is -1.32. The van der Waals surface area contributed by atoms with E-state index < -0.39 is 30.5 Å². The molecule has 9 heteroatoms. The number of hydrogen-bond donors (Lipinski definition) is 1. The van der Waals surface area contributed by atoms with Crippen LogP contribution in [0.25, 0.3) is 0 Å². The highest BCUT2D eigenvalue weighted by atomic mass is 19.4. The zero-order chi connectivity index (χ0) is 19.9. The highest BCUT2D eigenvalue weighted by Gasteiger charge is 2.52. The standard InChI is InChI=1S/C18H26BF3N2O3/c1-16(2)17(3,23)27-19(26-16)14-8-15(10-24-9-14)25-11-12-4-6-13(7-5-12)18(20,21)22/h8-10,12-13H,4-7,11,23H2,1-3H3/t12-,13-,17?. The summed E-state index contributed by atoms with van der Waals surface area (Å²) in [7, 11) is -0.645. The van der Waals surface area contributed by atoms with Gasteiger partial charge >= 0.3 is 13.3 Å². The first-order valence-electron chi connectivity index (χ1n) is 9.27. The van der Waals surface area contributed by atoms with Crippen LogP contribution in [-0.2, 0) is 9.31 Å². The molecule has 0 radical (unpaired) electrons. The van der Waals surface area contributed by atoms with Crippen molar-refractivity contribution in [1.29, 1.82) is 0 Å². The summed E-state index contributed by atoms with van der Waals surface area (Å²) >= 11 is 0. The SMILES string of the molecule is CC1(C)OB(c2cncc(OC[C@H]3CC[C@H](C(F)(F)F)CC3)c2)OC1(C)N. The molecule has 5 nitrogen and oxygen atoms in total. The molecule has 1 atom stereocenters. The molecule has 1 aromatic heterocycles. The van der Waals surface area contributed by atoms with Gasteiger partial charge in [0, 0.05) is 11.7 Å². The molecule has 0 amide bonds. The summed E-state index contributed by atoms with van der Waals surface area (Å²) < 4.78 is 55.7. The smallest absolute Gasteiger partial charge is 0.492 e. The molecule has 1 aliphatic heterocycles. The lowest BCUT2D eigenvalue weighted by molar-refractivity contribution is -0.184. The van der Waals surface area contributed by atoms with E-state index in [-0.39, 0.29) is 18.8 Å². The van der Waals surface area contributed by atoms with Gasteiger partial charge < -0.3 is 19.8 Å². The molecule has 3 rings (SSSR count). The Balaban J connectivity index is 1.55. The minimum atomic E-state index is -4.09. The topological polar surface area (TPSA) is 66.6 Å². The van der Waals surface area contributed by atoms with Gasteiger partial charge in [-0.3, -0.25) is 4.98 Å². The first kappa shape index (κ1) is 20.4. The highest BCUT2D eigenvalue weighted by Crippen LogP contribution is 2.39. The molecule has 2 N–H and O–H groups in total. The zero-order valence-corrected chi connectivity index (χ0v) is 15.9. The maximum absolute atomic E-state index is 12.7. The molecule has 27 heavy (non-hydrogen) atoms. The van der Waals surface area contributed by atoms with E-state index >= 15 is 0 Å². The summed E-state index contributed by atoms with van der Waals surface area (Å²) in [5.41, 5.74) is 5.23. The number of pyridine rings is 1. The lowest BCUT2D eigenvalue weighted by Gasteiger charge is -2.31. The van der Waals surface area contributed by atoms with Crippen molar-refractivity contribution in [3.05, 3.63) is 18.5 Å². The van der Waals surface area contributed by atoms with Crippen LogP contribution in [0, 0.1) is 11.8 Å². The molecule has 2 fully saturated rings. The van der Waals surface area contributed by atoms with Crippen LogP contribution >= 0.6 is 0 Å². The molecular formula is C18H26BF3N2O3. The normalized spacial score (nSPS) is 31.1. The van der Waals surface area contributed by atoms with Crippen LogP contribution in [0.4, 0.5) is 13.2 Å². The lowest BCUT2D eigenvalue weighted by Crippen LogP contribution is -2.52. The molecule has 1 saturated carbocycles.